The number of carbonyl (C=O) groups is 1. The standard InChI is InChI=1S/C23H26N.C11H20O2.Ir/c1-6-23(5,7-2)20-8-9-21-18(15-20)10-11-24-22(21)19-13-16(3)12-17(4)14-19;1-10(2,3)8(12)7-9(13)11(4,5)6;/h8-13,15H,6-7H2,1-5H3;7,12H,1-6H3;/q-1;;/b;8-7-;. The Bertz CT molecular complexity index is 1250. The molecule has 3 rings (SSSR count). The van der Waals surface area contributed by atoms with Gasteiger partial charge in [0.2, 0.25) is 0 Å². The van der Waals surface area contributed by atoms with Gasteiger partial charge in [0.25, 0.3) is 0 Å². The molecule has 0 fully saturated rings. The summed E-state index contributed by atoms with van der Waals surface area (Å²) in [5.74, 6) is 0.104. The van der Waals surface area contributed by atoms with E-state index < -0.39 is 5.41 Å². The smallest absolute Gasteiger partial charge is 0.164 e. The van der Waals surface area contributed by atoms with Gasteiger partial charge in [-0.15, -0.1) is 34.9 Å². The molecule has 209 valence electrons. The van der Waals surface area contributed by atoms with Crippen LogP contribution in [0.2, 0.25) is 0 Å². The van der Waals surface area contributed by atoms with E-state index in [-0.39, 0.29) is 42.5 Å². The molecule has 3 aromatic rings. The molecule has 0 atom stereocenters. The average molecular weight is 693 g/mol. The molecule has 0 aliphatic rings. The first-order chi connectivity index (χ1) is 17.0. The van der Waals surface area contributed by atoms with Gasteiger partial charge in [0.05, 0.1) is 0 Å². The van der Waals surface area contributed by atoms with E-state index in [4.69, 9.17) is 0 Å². The van der Waals surface area contributed by atoms with E-state index >= 15 is 0 Å². The summed E-state index contributed by atoms with van der Waals surface area (Å²) in [6, 6.07) is 16.8. The first-order valence-corrected chi connectivity index (χ1v) is 13.4. The molecule has 0 unspecified atom stereocenters. The van der Waals surface area contributed by atoms with Crippen molar-refractivity contribution in [2.24, 2.45) is 10.8 Å². The van der Waals surface area contributed by atoms with Gasteiger partial charge in [-0.1, -0.05) is 94.4 Å². The van der Waals surface area contributed by atoms with Gasteiger partial charge in [0, 0.05) is 43.2 Å². The minimum Gasteiger partial charge on any atom is -0.512 e. The normalized spacial score (nSPS) is 12.4. The number of aliphatic hydroxyl groups is 1. The number of carbonyl (C=O) groups excluding carboxylic acids is 1. The van der Waals surface area contributed by atoms with Gasteiger partial charge < -0.3 is 10.1 Å². The Labute approximate surface area is 244 Å². The van der Waals surface area contributed by atoms with Crippen molar-refractivity contribution in [2.75, 3.05) is 0 Å². The second-order valence-electron chi connectivity index (χ2n) is 12.5. The number of nitrogens with zero attached hydrogens (tertiary/aromatic N) is 1. The molecule has 0 saturated heterocycles. The van der Waals surface area contributed by atoms with Gasteiger partial charge in [-0.25, -0.2) is 0 Å². The summed E-state index contributed by atoms with van der Waals surface area (Å²) in [5, 5.41) is 12.0. The van der Waals surface area contributed by atoms with Crippen LogP contribution in [0, 0.1) is 30.7 Å². The number of hydrogen-bond donors (Lipinski definition) is 1. The van der Waals surface area contributed by atoms with Crippen molar-refractivity contribution in [3.63, 3.8) is 0 Å². The number of hydrogen-bond acceptors (Lipinski definition) is 3. The molecule has 0 aliphatic heterocycles. The van der Waals surface area contributed by atoms with Gasteiger partial charge in [-0.2, -0.15) is 0 Å². The maximum Gasteiger partial charge on any atom is 0.164 e. The minimum absolute atomic E-state index is 0. The van der Waals surface area contributed by atoms with Crippen molar-refractivity contribution in [1.82, 2.24) is 4.98 Å². The zero-order valence-corrected chi connectivity index (χ0v) is 27.6. The number of aromatic nitrogens is 1. The molecule has 1 aromatic heterocycles. The molecule has 0 saturated carbocycles. The molecule has 0 amide bonds. The van der Waals surface area contributed by atoms with E-state index in [0.717, 1.165) is 29.7 Å². The van der Waals surface area contributed by atoms with Gasteiger partial charge in [-0.3, -0.25) is 4.79 Å². The van der Waals surface area contributed by atoms with Crippen LogP contribution in [0.1, 0.15) is 91.8 Å². The van der Waals surface area contributed by atoms with Gasteiger partial charge >= 0.3 is 0 Å². The number of aliphatic hydroxyl groups excluding tert-OH is 1. The molecule has 2 aromatic carbocycles. The summed E-state index contributed by atoms with van der Waals surface area (Å²) in [6.07, 6.45) is 5.55. The van der Waals surface area contributed by atoms with Crippen molar-refractivity contribution in [3.05, 3.63) is 77.2 Å². The Hall–Kier alpha value is -2.29. The zero-order valence-electron chi connectivity index (χ0n) is 25.2. The van der Waals surface area contributed by atoms with E-state index in [1.807, 2.05) is 47.7 Å². The summed E-state index contributed by atoms with van der Waals surface area (Å²) in [5.41, 5.74) is 5.41. The fourth-order valence-corrected chi connectivity index (χ4v) is 4.01. The molecule has 1 radical (unpaired) electrons. The van der Waals surface area contributed by atoms with E-state index in [1.54, 1.807) is 0 Å². The number of ketones is 1. The third-order valence-corrected chi connectivity index (χ3v) is 7.20. The summed E-state index contributed by atoms with van der Waals surface area (Å²) >= 11 is 0. The van der Waals surface area contributed by atoms with Crippen LogP contribution in [0.25, 0.3) is 22.0 Å². The fraction of sp³-hybridized carbons (Fsp3) is 0.471. The van der Waals surface area contributed by atoms with Crippen LogP contribution in [-0.4, -0.2) is 15.9 Å². The molecular weight excluding hydrogens is 647 g/mol. The topological polar surface area (TPSA) is 50.2 Å². The van der Waals surface area contributed by atoms with Gasteiger partial charge in [0.1, 0.15) is 5.76 Å². The van der Waals surface area contributed by atoms with Crippen molar-refractivity contribution in [2.45, 2.75) is 94.4 Å². The Morgan fingerprint density at radius 2 is 1.53 bits per heavy atom. The Balaban J connectivity index is 0.000000444. The number of pyridine rings is 1. The minimum atomic E-state index is -0.417. The van der Waals surface area contributed by atoms with E-state index in [9.17, 15) is 9.90 Å². The van der Waals surface area contributed by atoms with Crippen LogP contribution < -0.4 is 0 Å². The quantitative estimate of drug-likeness (QED) is 0.165. The molecule has 0 bridgehead atoms. The van der Waals surface area contributed by atoms with Gasteiger partial charge in [0.15, 0.2) is 5.78 Å². The largest absolute Gasteiger partial charge is 0.512 e. The predicted octanol–water partition coefficient (Wildman–Crippen LogP) is 9.48. The number of aryl methyl sites for hydroxylation is 2. The number of allylic oxidation sites excluding steroid dienone is 2. The fourth-order valence-electron chi connectivity index (χ4n) is 4.01. The second-order valence-corrected chi connectivity index (χ2v) is 12.5. The van der Waals surface area contributed by atoms with Crippen LogP contribution in [0.3, 0.4) is 0 Å². The first-order valence-electron chi connectivity index (χ1n) is 13.4. The third kappa shape index (κ3) is 8.61. The summed E-state index contributed by atoms with van der Waals surface area (Å²) < 4.78 is 0. The number of rotatable bonds is 5. The molecule has 4 heteroatoms. The maximum atomic E-state index is 11.5. The molecule has 3 nitrogen and oxygen atoms in total. The summed E-state index contributed by atoms with van der Waals surface area (Å²) in [7, 11) is 0. The first kappa shape index (κ1) is 33.7. The van der Waals surface area contributed by atoms with E-state index in [0.29, 0.717) is 0 Å². The predicted molar refractivity (Wildman–Crippen MR) is 158 cm³/mol. The second kappa shape index (κ2) is 13.2. The molecule has 1 heterocycles. The Morgan fingerprint density at radius 1 is 0.921 bits per heavy atom. The number of benzene rings is 2. The average Bonchev–Trinajstić information content (AvgIpc) is 2.81. The molecular formula is C34H46IrNO2-. The van der Waals surface area contributed by atoms with Gasteiger partial charge in [-0.05, 0) is 46.4 Å². The van der Waals surface area contributed by atoms with Crippen molar-refractivity contribution in [1.29, 1.82) is 0 Å². The van der Waals surface area contributed by atoms with Crippen LogP contribution >= 0.6 is 0 Å². The number of fused-ring (bicyclic) bond motifs is 1. The Kier molecular flexibility index (Phi) is 11.7. The Morgan fingerprint density at radius 3 is 2.03 bits per heavy atom. The molecule has 1 N–H and O–H groups in total. The van der Waals surface area contributed by atoms with Crippen molar-refractivity contribution >= 4 is 16.6 Å². The zero-order chi connectivity index (χ0) is 28.2. The molecule has 0 aliphatic carbocycles. The van der Waals surface area contributed by atoms with Crippen molar-refractivity contribution in [3.8, 4) is 11.3 Å². The van der Waals surface area contributed by atoms with Crippen LogP contribution in [0.5, 0.6) is 0 Å². The SMILES string of the molecule is CC(C)(C)C(=O)/C=C(\O)C(C)(C)C.CCC(C)(CC)c1ccc2c(-c3[c-]c(C)cc(C)c3)nccc2c1.[Ir]. The molecule has 0 spiro atoms. The van der Waals surface area contributed by atoms with E-state index in [1.165, 1.54) is 28.0 Å². The summed E-state index contributed by atoms with van der Waals surface area (Å²) in [4.78, 5) is 16.1. The van der Waals surface area contributed by atoms with Crippen LogP contribution in [0.4, 0.5) is 0 Å². The van der Waals surface area contributed by atoms with Crippen molar-refractivity contribution < 1.29 is 30.0 Å². The monoisotopic (exact) mass is 693 g/mol. The van der Waals surface area contributed by atoms with E-state index in [2.05, 4.69) is 82.1 Å². The summed E-state index contributed by atoms with van der Waals surface area (Å²) in [6.45, 7) is 22.2. The molecule has 38 heavy (non-hydrogen) atoms. The van der Waals surface area contributed by atoms with Crippen LogP contribution in [-0.2, 0) is 30.3 Å². The van der Waals surface area contributed by atoms with Crippen LogP contribution in [0.15, 0.2) is 54.4 Å². The third-order valence-electron chi connectivity index (χ3n) is 7.20. The maximum absolute atomic E-state index is 11.5.